The molecule has 0 saturated carbocycles. The molecule has 0 aliphatic rings. The second kappa shape index (κ2) is 12.7. The van der Waals surface area contributed by atoms with Crippen LogP contribution in [0.2, 0.25) is 0 Å². The van der Waals surface area contributed by atoms with Crippen molar-refractivity contribution in [1.29, 1.82) is 0 Å². The Hall–Kier alpha value is -4.19. The number of rotatable bonds is 12. The lowest BCUT2D eigenvalue weighted by molar-refractivity contribution is -0.384. The quantitative estimate of drug-likeness (QED) is 0.257. The normalized spacial score (nSPS) is 12.2. The maximum absolute atomic E-state index is 12.3. The first kappa shape index (κ1) is 26.1. The molecule has 0 aliphatic heterocycles. The van der Waals surface area contributed by atoms with E-state index in [1.54, 1.807) is 24.3 Å². The summed E-state index contributed by atoms with van der Waals surface area (Å²) in [6.07, 6.45) is -2.62. The topological polar surface area (TPSA) is 183 Å². The van der Waals surface area contributed by atoms with Crippen LogP contribution in [0, 0.1) is 10.1 Å². The maximum Gasteiger partial charge on any atom is 0.407 e. The zero-order chi connectivity index (χ0) is 25.1. The largest absolute Gasteiger partial charge is 0.496 e. The van der Waals surface area contributed by atoms with E-state index in [0.717, 1.165) is 5.56 Å². The van der Waals surface area contributed by atoms with Gasteiger partial charge in [-0.05, 0) is 11.6 Å². The van der Waals surface area contributed by atoms with Gasteiger partial charge in [-0.1, -0.05) is 30.3 Å². The van der Waals surface area contributed by atoms with Crippen LogP contribution in [0.15, 0.2) is 48.5 Å². The van der Waals surface area contributed by atoms with E-state index in [1.807, 2.05) is 6.07 Å². The van der Waals surface area contributed by atoms with Crippen LogP contribution in [0.25, 0.3) is 0 Å². The van der Waals surface area contributed by atoms with Crippen LogP contribution < -0.4 is 21.1 Å². The Balaban J connectivity index is 1.86. The molecule has 12 nitrogen and oxygen atoms in total. The molecule has 3 amide bonds. The molecule has 0 fully saturated rings. The average Bonchev–Trinajstić information content (AvgIpc) is 2.81. The Morgan fingerprint density at radius 2 is 1.88 bits per heavy atom. The predicted octanol–water partition coefficient (Wildman–Crippen LogP) is 0.793. The molecule has 2 rings (SSSR count). The third-order valence-corrected chi connectivity index (χ3v) is 4.69. The van der Waals surface area contributed by atoms with Crippen molar-refractivity contribution in [3.05, 3.63) is 69.8 Å². The Morgan fingerprint density at radius 3 is 2.50 bits per heavy atom. The summed E-state index contributed by atoms with van der Waals surface area (Å²) in [5, 5.41) is 25.8. The van der Waals surface area contributed by atoms with E-state index in [4.69, 9.17) is 15.2 Å². The fourth-order valence-corrected chi connectivity index (χ4v) is 3.00. The number of nitro benzene ring substituents is 1. The first-order chi connectivity index (χ1) is 16.2. The van der Waals surface area contributed by atoms with E-state index in [-0.39, 0.29) is 31.0 Å². The Morgan fingerprint density at radius 1 is 1.18 bits per heavy atom. The summed E-state index contributed by atoms with van der Waals surface area (Å²) in [7, 11) is 1.36. The van der Waals surface area contributed by atoms with Gasteiger partial charge in [0, 0.05) is 30.7 Å². The molecule has 0 spiro atoms. The number of benzene rings is 2. The Kier molecular flexibility index (Phi) is 9.77. The van der Waals surface area contributed by atoms with Crippen molar-refractivity contribution in [3.8, 4) is 5.75 Å². The molecule has 0 unspecified atom stereocenters. The number of carbonyl (C=O) groups is 3. The van der Waals surface area contributed by atoms with Crippen molar-refractivity contribution in [2.24, 2.45) is 5.73 Å². The summed E-state index contributed by atoms with van der Waals surface area (Å²) >= 11 is 0. The van der Waals surface area contributed by atoms with Crippen molar-refractivity contribution in [3.63, 3.8) is 0 Å². The van der Waals surface area contributed by atoms with Gasteiger partial charge in [0.15, 0.2) is 0 Å². The highest BCUT2D eigenvalue weighted by molar-refractivity contribution is 5.87. The fourth-order valence-electron chi connectivity index (χ4n) is 3.00. The Labute approximate surface area is 195 Å². The number of amides is 3. The van der Waals surface area contributed by atoms with Crippen molar-refractivity contribution in [2.75, 3.05) is 13.7 Å². The third kappa shape index (κ3) is 8.39. The van der Waals surface area contributed by atoms with Gasteiger partial charge in [0.25, 0.3) is 5.69 Å². The summed E-state index contributed by atoms with van der Waals surface area (Å²) in [5.41, 5.74) is 6.23. The fraction of sp³-hybridized carbons (Fsp3) is 0.318. The summed E-state index contributed by atoms with van der Waals surface area (Å²) in [6, 6.07) is 11.6. The van der Waals surface area contributed by atoms with Gasteiger partial charge in [-0.25, -0.2) is 4.79 Å². The van der Waals surface area contributed by atoms with Crippen LogP contribution in [0.5, 0.6) is 5.75 Å². The molecule has 0 aromatic heterocycles. The summed E-state index contributed by atoms with van der Waals surface area (Å²) in [6.45, 7) is -0.217. The van der Waals surface area contributed by atoms with E-state index in [9.17, 15) is 29.6 Å². The number of carbonyl (C=O) groups excluding carboxylic acids is 3. The van der Waals surface area contributed by atoms with E-state index in [1.165, 1.54) is 25.3 Å². The van der Waals surface area contributed by atoms with Gasteiger partial charge in [0.2, 0.25) is 11.8 Å². The summed E-state index contributed by atoms with van der Waals surface area (Å²) in [5.74, 6) is -1.30. The molecule has 182 valence electrons. The molecule has 2 aromatic rings. The van der Waals surface area contributed by atoms with Gasteiger partial charge in [-0.2, -0.15) is 0 Å². The molecule has 0 bridgehead atoms. The number of non-ortho nitro benzene ring substituents is 1. The Bertz CT molecular complexity index is 1020. The molecule has 34 heavy (non-hydrogen) atoms. The van der Waals surface area contributed by atoms with Gasteiger partial charge < -0.3 is 30.9 Å². The smallest absolute Gasteiger partial charge is 0.407 e. The first-order valence-corrected chi connectivity index (χ1v) is 10.2. The first-order valence-electron chi connectivity index (χ1n) is 10.2. The molecule has 0 heterocycles. The number of aliphatic hydroxyl groups excluding tert-OH is 1. The molecule has 2 atom stereocenters. The lowest BCUT2D eigenvalue weighted by Gasteiger charge is -2.18. The van der Waals surface area contributed by atoms with Crippen molar-refractivity contribution >= 4 is 23.6 Å². The van der Waals surface area contributed by atoms with Gasteiger partial charge in [-0.15, -0.1) is 0 Å². The van der Waals surface area contributed by atoms with Crippen LogP contribution in [0.4, 0.5) is 10.5 Å². The number of ether oxygens (including phenoxy) is 2. The number of hydrogen-bond donors (Lipinski definition) is 4. The number of alkyl carbamates (subject to hydrolysis) is 1. The molecular weight excluding hydrogens is 448 g/mol. The number of nitrogens with one attached hydrogen (secondary N) is 2. The molecule has 12 heteroatoms. The number of primary amides is 1. The summed E-state index contributed by atoms with van der Waals surface area (Å²) < 4.78 is 10.2. The maximum atomic E-state index is 12.3. The van der Waals surface area contributed by atoms with Crippen LogP contribution in [0.3, 0.4) is 0 Å². The lowest BCUT2D eigenvalue weighted by Crippen LogP contribution is -2.47. The summed E-state index contributed by atoms with van der Waals surface area (Å²) in [4.78, 5) is 46.3. The standard InChI is InChI=1S/C22H26N4O8/c1-33-19-8-7-16(26(31)32)9-15(19)10-18(21(23)29)25-20(28)11-17(27)12-24-22(30)34-13-14-5-3-2-4-6-14/h2-9,17-18,27H,10-13H2,1H3,(H2,23,29)(H,24,30)(H,25,28)/t17-,18-/m1/s1. The molecule has 0 aliphatic carbocycles. The van der Waals surface area contributed by atoms with Crippen LogP contribution in [0.1, 0.15) is 17.5 Å². The lowest BCUT2D eigenvalue weighted by atomic mass is 10.0. The minimum absolute atomic E-state index is 0.0463. The number of hydrogen-bond acceptors (Lipinski definition) is 8. The third-order valence-electron chi connectivity index (χ3n) is 4.69. The van der Waals surface area contributed by atoms with E-state index in [2.05, 4.69) is 10.6 Å². The van der Waals surface area contributed by atoms with Gasteiger partial charge in [0.1, 0.15) is 18.4 Å². The van der Waals surface area contributed by atoms with Crippen molar-refractivity contribution < 1.29 is 33.9 Å². The van der Waals surface area contributed by atoms with E-state index >= 15 is 0 Å². The zero-order valence-electron chi connectivity index (χ0n) is 18.4. The van der Waals surface area contributed by atoms with Crippen LogP contribution in [-0.2, 0) is 27.4 Å². The molecule has 2 aromatic carbocycles. The second-order valence-corrected chi connectivity index (χ2v) is 7.28. The van der Waals surface area contributed by atoms with Crippen molar-refractivity contribution in [1.82, 2.24) is 10.6 Å². The van der Waals surface area contributed by atoms with E-state index in [0.29, 0.717) is 5.56 Å². The average molecular weight is 474 g/mol. The minimum atomic E-state index is -1.26. The zero-order valence-corrected chi connectivity index (χ0v) is 18.4. The van der Waals surface area contributed by atoms with E-state index < -0.39 is 41.4 Å². The highest BCUT2D eigenvalue weighted by atomic mass is 16.6. The number of nitrogens with zero attached hydrogens (tertiary/aromatic N) is 1. The number of nitro groups is 1. The molecule has 0 saturated heterocycles. The SMILES string of the molecule is COc1ccc([N+](=O)[O-])cc1C[C@@H](NC(=O)C[C@@H](O)CNC(=O)OCc1ccccc1)C(N)=O. The second-order valence-electron chi connectivity index (χ2n) is 7.28. The minimum Gasteiger partial charge on any atom is -0.496 e. The van der Waals surface area contributed by atoms with Gasteiger partial charge in [0.05, 0.1) is 24.6 Å². The monoisotopic (exact) mass is 474 g/mol. The van der Waals surface area contributed by atoms with Crippen LogP contribution in [-0.4, -0.2) is 53.7 Å². The predicted molar refractivity (Wildman–Crippen MR) is 120 cm³/mol. The molecular formula is C22H26N4O8. The van der Waals surface area contributed by atoms with Crippen LogP contribution >= 0.6 is 0 Å². The molecule has 0 radical (unpaired) electrons. The van der Waals surface area contributed by atoms with Gasteiger partial charge >= 0.3 is 6.09 Å². The number of aliphatic hydroxyl groups is 1. The van der Waals surface area contributed by atoms with Crippen molar-refractivity contribution in [2.45, 2.75) is 31.6 Å². The number of nitrogens with two attached hydrogens (primary N) is 1. The highest BCUT2D eigenvalue weighted by Crippen LogP contribution is 2.25. The molecule has 5 N–H and O–H groups in total. The highest BCUT2D eigenvalue weighted by Gasteiger charge is 2.23. The van der Waals surface area contributed by atoms with Gasteiger partial charge in [-0.3, -0.25) is 19.7 Å². The number of methoxy groups -OCH3 is 1.